The minimum Gasteiger partial charge on any atom is -0.506 e. The third-order valence-corrected chi connectivity index (χ3v) is 18.6. The van der Waals surface area contributed by atoms with Gasteiger partial charge in [-0.15, -0.1) is 48.5 Å². The first-order valence-electron chi connectivity index (χ1n) is 39.4. The zero-order chi connectivity index (χ0) is 86.9. The Morgan fingerprint density at radius 2 is 0.369 bits per heavy atom. The van der Waals surface area contributed by atoms with E-state index in [4.69, 9.17) is 18.1 Å². The van der Waals surface area contributed by atoms with Gasteiger partial charge < -0.3 is 38.5 Å². The van der Waals surface area contributed by atoms with Crippen LogP contribution in [-0.2, 0) is 73.7 Å². The number of hydrogen-bond donors (Lipinski definition) is 4. The van der Waals surface area contributed by atoms with Crippen LogP contribution in [0.2, 0.25) is 0 Å². The van der Waals surface area contributed by atoms with E-state index in [1.807, 2.05) is 291 Å². The van der Waals surface area contributed by atoms with Crippen LogP contribution < -0.4 is 0 Å². The summed E-state index contributed by atoms with van der Waals surface area (Å²) in [6.07, 6.45) is 0. The van der Waals surface area contributed by atoms with Crippen molar-refractivity contribution in [3.05, 3.63) is 387 Å². The molecule has 0 radical (unpaired) electrons. The molecule has 0 aliphatic carbocycles. The molecule has 0 aliphatic heterocycles. The Morgan fingerprint density at radius 1 is 0.230 bits per heavy atom. The predicted molar refractivity (Wildman–Crippen MR) is 485 cm³/mol. The number of phenolic OH excluding ortho intramolecular Hbond substituents is 4. The number of benzene rings is 12. The third kappa shape index (κ3) is 28.4. The van der Waals surface area contributed by atoms with Crippen LogP contribution in [0.4, 0.5) is 0 Å². The number of aromatic hydroxyl groups is 4. The van der Waals surface area contributed by atoms with Gasteiger partial charge in [0.25, 0.3) is 23.6 Å². The first-order valence-corrected chi connectivity index (χ1v) is 39.4. The van der Waals surface area contributed by atoms with Gasteiger partial charge in [-0.2, -0.15) is 118 Å². The molecule has 16 rings (SSSR count). The summed E-state index contributed by atoms with van der Waals surface area (Å²) in [5.74, 6) is 4.16. The summed E-state index contributed by atoms with van der Waals surface area (Å²) in [5, 5.41) is 58.4. The van der Waals surface area contributed by atoms with Gasteiger partial charge >= 0.3 is 26.2 Å². The van der Waals surface area contributed by atoms with E-state index in [9.17, 15) is 20.4 Å². The second kappa shape index (κ2) is 44.8. The maximum absolute atomic E-state index is 10.8. The molecule has 16 aromatic rings. The Balaban J connectivity index is 0.000000201. The number of aromatic nitrogens is 8. The molecule has 0 unspecified atom stereocenters. The van der Waals surface area contributed by atoms with Crippen molar-refractivity contribution in [2.45, 2.75) is 132 Å². The summed E-state index contributed by atoms with van der Waals surface area (Å²) in [4.78, 5) is 17.0. The minimum absolute atomic E-state index is 0. The largest absolute Gasteiger partial charge is 2.00 e. The molecule has 12 aromatic carbocycles. The number of rotatable bonds is 8. The van der Waals surface area contributed by atoms with Gasteiger partial charge in [0, 0.05) is 48.1 Å². The van der Waals surface area contributed by atoms with Gasteiger partial charge in [0.1, 0.15) is 23.0 Å². The summed E-state index contributed by atoms with van der Waals surface area (Å²) < 4.78 is 21.1. The molecule has 16 nitrogen and oxygen atoms in total. The molecule has 0 saturated carbocycles. The molecule has 0 bridgehead atoms. The van der Waals surface area contributed by atoms with Gasteiger partial charge in [-0.3, -0.25) is 0 Å². The standard InChI is InChI=1S/4C19H20N2O2.4C7H7.Hf.Zr/c4*1-12-20-18(23-21-12)16-11-14(19(2,3)4)10-15(17(16)22)13-8-6-5-7-9-13;4*1-7-5-3-2-4-6-7;;/h4*5-11,22H,1-4H3;4*2-6H,1H2;;/q;;;;4*-1;;+2. The van der Waals surface area contributed by atoms with Crippen LogP contribution in [0.15, 0.2) is 309 Å². The first kappa shape index (κ1) is 96.8. The van der Waals surface area contributed by atoms with Gasteiger partial charge in [-0.05, 0) is 142 Å². The molecule has 4 aromatic heterocycles. The van der Waals surface area contributed by atoms with E-state index >= 15 is 0 Å². The van der Waals surface area contributed by atoms with E-state index in [1.54, 1.807) is 27.7 Å². The van der Waals surface area contributed by atoms with Crippen molar-refractivity contribution >= 4 is 0 Å². The van der Waals surface area contributed by atoms with Crippen LogP contribution in [0.3, 0.4) is 0 Å². The summed E-state index contributed by atoms with van der Waals surface area (Å²) in [6, 6.07) is 94.6. The Bertz CT molecular complexity index is 5120. The summed E-state index contributed by atoms with van der Waals surface area (Å²) in [5.41, 5.74) is 17.5. The molecule has 0 atom stereocenters. The smallest absolute Gasteiger partial charge is 0.506 e. The second-order valence-electron chi connectivity index (χ2n) is 32.7. The van der Waals surface area contributed by atoms with E-state index in [0.29, 0.717) is 69.1 Å². The zero-order valence-corrected chi connectivity index (χ0v) is 78.6. The Kier molecular flexibility index (Phi) is 35.5. The van der Waals surface area contributed by atoms with Gasteiger partial charge in [-0.25, -0.2) is 0 Å². The van der Waals surface area contributed by atoms with Crippen LogP contribution in [0.1, 0.15) is 151 Å². The maximum Gasteiger partial charge on any atom is 2.00 e. The first-order chi connectivity index (χ1) is 57.0. The topological polar surface area (TPSA) is 237 Å². The zero-order valence-electron chi connectivity index (χ0n) is 72.5. The van der Waals surface area contributed by atoms with E-state index < -0.39 is 0 Å². The average Bonchev–Trinajstić information content (AvgIpc) is 1.33. The molecule has 4 heterocycles. The van der Waals surface area contributed by atoms with Gasteiger partial charge in [0.15, 0.2) is 23.3 Å². The van der Waals surface area contributed by atoms with E-state index in [1.165, 1.54) is 0 Å². The molecule has 622 valence electrons. The van der Waals surface area contributed by atoms with Crippen molar-refractivity contribution in [3.8, 4) is 113 Å². The molecule has 18 heteroatoms. The molecule has 122 heavy (non-hydrogen) atoms. The van der Waals surface area contributed by atoms with Crippen molar-refractivity contribution in [1.29, 1.82) is 0 Å². The van der Waals surface area contributed by atoms with Crippen LogP contribution in [-0.4, -0.2) is 61.0 Å². The maximum atomic E-state index is 10.8. The van der Waals surface area contributed by atoms with Crippen LogP contribution in [0.5, 0.6) is 23.0 Å². The van der Waals surface area contributed by atoms with Gasteiger partial charge in [0.2, 0.25) is 0 Å². The third-order valence-electron chi connectivity index (χ3n) is 18.6. The van der Waals surface area contributed by atoms with E-state index in [0.717, 1.165) is 89.0 Å². The van der Waals surface area contributed by atoms with Crippen molar-refractivity contribution in [1.82, 2.24) is 40.6 Å². The van der Waals surface area contributed by atoms with Crippen LogP contribution >= 0.6 is 0 Å². The van der Waals surface area contributed by atoms with E-state index in [-0.39, 0.29) is 96.7 Å². The van der Waals surface area contributed by atoms with Crippen molar-refractivity contribution in [2.75, 3.05) is 0 Å². The summed E-state index contributed by atoms with van der Waals surface area (Å²) in [7, 11) is 0. The Morgan fingerprint density at radius 3 is 0.484 bits per heavy atom. The van der Waals surface area contributed by atoms with Gasteiger partial charge in [0.05, 0.1) is 22.3 Å². The molecule has 0 amide bonds. The molecule has 0 fully saturated rings. The minimum atomic E-state index is -0.0684. The molecule has 0 spiro atoms. The van der Waals surface area contributed by atoms with Crippen molar-refractivity contribution in [2.24, 2.45) is 0 Å². The molecular formula is C104H108HfN8O8Zr-2. The molecule has 0 aliphatic rings. The SMILES string of the molecule is Cc1noc(-c2cc(C(C)(C)C)cc(-c3ccccc3)c2O)n1.Cc1noc(-c2cc(C(C)(C)C)cc(-c3ccccc3)c2O)n1.Cc1noc(-c2cc(C(C)(C)C)cc(-c3ccccc3)c2O)n1.Cc1noc(-c2cc(C(C)(C)C)cc(-c3ccccc3)c2O)n1.[CH2-]c1ccccc1.[CH2-]c1ccccc1.[CH2-]c1ccccc1.[CH2-]c1ccccc1.[Hf].[Zr+2]. The Hall–Kier alpha value is -12.4. The fourth-order valence-corrected chi connectivity index (χ4v) is 11.8. The summed E-state index contributed by atoms with van der Waals surface area (Å²) in [6.45, 7) is 47.6. The number of phenols is 4. The predicted octanol–water partition coefficient (Wildman–Crippen LogP) is 26.3. The summed E-state index contributed by atoms with van der Waals surface area (Å²) >= 11 is 0. The van der Waals surface area contributed by atoms with Crippen LogP contribution in [0, 0.1) is 55.4 Å². The van der Waals surface area contributed by atoms with E-state index in [2.05, 4.69) is 151 Å². The molecule has 0 saturated heterocycles. The number of nitrogens with zero attached hydrogens (tertiary/aromatic N) is 8. The fourth-order valence-electron chi connectivity index (χ4n) is 11.8. The van der Waals surface area contributed by atoms with Crippen LogP contribution in [0.25, 0.3) is 90.3 Å². The normalized spacial score (nSPS) is 10.8. The molecule has 4 N–H and O–H groups in total. The number of aryl methyl sites for hydroxylation is 4. The van der Waals surface area contributed by atoms with Crippen molar-refractivity contribution in [3.63, 3.8) is 0 Å². The van der Waals surface area contributed by atoms with Crippen molar-refractivity contribution < 1.29 is 90.6 Å². The second-order valence-corrected chi connectivity index (χ2v) is 32.7. The average molecular weight is 1870 g/mol. The fraction of sp³-hybridized carbons (Fsp3) is 0.192. The van der Waals surface area contributed by atoms with Gasteiger partial charge in [-0.1, -0.05) is 249 Å². The Labute approximate surface area is 757 Å². The molecular weight excluding hydrogens is 1760 g/mol. The monoisotopic (exact) mass is 1870 g/mol. The number of hydrogen-bond acceptors (Lipinski definition) is 16. The quantitative estimate of drug-likeness (QED) is 0.0817.